The standard InChI is InChI=1S/C29H33FN4O4/c1-3-31-29(36)23-6-4-20(12-18(23)2)34-17-33-28-25(32-16-19-8-10-37-11-9-19)14-22(15-26(28)34)38-27-7-5-21(35)13-24(27)30/h4-7,12-14,17,19,22,32,35H,3,8-11,15-16H2,1-2H3,(H,31,36). The molecule has 1 fully saturated rings. The Kier molecular flexibility index (Phi) is 7.64. The minimum absolute atomic E-state index is 0.0736. The van der Waals surface area contributed by atoms with Gasteiger partial charge in [0.15, 0.2) is 11.6 Å². The van der Waals surface area contributed by atoms with Gasteiger partial charge >= 0.3 is 0 Å². The molecule has 2 aliphatic rings. The Bertz CT molecular complexity index is 1350. The third-order valence-corrected chi connectivity index (χ3v) is 7.05. The second-order valence-electron chi connectivity index (χ2n) is 9.76. The summed E-state index contributed by atoms with van der Waals surface area (Å²) in [5.41, 5.74) is 4.97. The number of phenols is 1. The second-order valence-corrected chi connectivity index (χ2v) is 9.76. The number of aromatic nitrogens is 2. The molecular formula is C29H33FN4O4. The lowest BCUT2D eigenvalue weighted by Gasteiger charge is -2.27. The first-order valence-electron chi connectivity index (χ1n) is 13.1. The van der Waals surface area contributed by atoms with Crippen LogP contribution in [0.15, 0.2) is 48.8 Å². The molecule has 0 spiro atoms. The van der Waals surface area contributed by atoms with Crippen LogP contribution in [0.5, 0.6) is 11.5 Å². The van der Waals surface area contributed by atoms with Crippen molar-refractivity contribution in [2.75, 3.05) is 26.3 Å². The van der Waals surface area contributed by atoms with Crippen LogP contribution in [0.25, 0.3) is 11.4 Å². The van der Waals surface area contributed by atoms with Crippen molar-refractivity contribution in [1.29, 1.82) is 0 Å². The van der Waals surface area contributed by atoms with Crippen LogP contribution < -0.4 is 15.4 Å². The molecule has 3 aromatic rings. The van der Waals surface area contributed by atoms with Gasteiger partial charge in [-0.05, 0) is 74.6 Å². The molecule has 1 aliphatic heterocycles. The monoisotopic (exact) mass is 520 g/mol. The van der Waals surface area contributed by atoms with E-state index in [1.165, 1.54) is 12.1 Å². The maximum absolute atomic E-state index is 14.5. The summed E-state index contributed by atoms with van der Waals surface area (Å²) in [6.07, 6.45) is 5.74. The number of phenolic OH excluding ortho intramolecular Hbond substituents is 1. The van der Waals surface area contributed by atoms with Crippen molar-refractivity contribution in [2.24, 2.45) is 5.92 Å². The number of amides is 1. The van der Waals surface area contributed by atoms with Crippen LogP contribution in [0.3, 0.4) is 0 Å². The number of nitrogens with zero attached hydrogens (tertiary/aromatic N) is 2. The van der Waals surface area contributed by atoms with Gasteiger partial charge in [0.25, 0.3) is 5.91 Å². The molecule has 2 aromatic carbocycles. The van der Waals surface area contributed by atoms with Gasteiger partial charge in [-0.3, -0.25) is 4.79 Å². The lowest BCUT2D eigenvalue weighted by molar-refractivity contribution is 0.0674. The highest BCUT2D eigenvalue weighted by atomic mass is 19.1. The van der Waals surface area contributed by atoms with Crippen molar-refractivity contribution in [1.82, 2.24) is 20.2 Å². The Morgan fingerprint density at radius 1 is 1.24 bits per heavy atom. The molecule has 0 bridgehead atoms. The number of hydrogen-bond acceptors (Lipinski definition) is 6. The third-order valence-electron chi connectivity index (χ3n) is 7.05. The fourth-order valence-electron chi connectivity index (χ4n) is 5.01. The first kappa shape index (κ1) is 25.8. The van der Waals surface area contributed by atoms with E-state index in [1.807, 2.05) is 42.7 Å². The van der Waals surface area contributed by atoms with Crippen molar-refractivity contribution in [2.45, 2.75) is 39.2 Å². The maximum atomic E-state index is 14.5. The van der Waals surface area contributed by atoms with Gasteiger partial charge in [0.1, 0.15) is 23.9 Å². The van der Waals surface area contributed by atoms with Crippen LogP contribution in [0.2, 0.25) is 0 Å². The number of aromatic hydroxyl groups is 1. The van der Waals surface area contributed by atoms with E-state index in [9.17, 15) is 14.3 Å². The molecule has 1 atom stereocenters. The fourth-order valence-corrected chi connectivity index (χ4v) is 5.01. The third kappa shape index (κ3) is 5.52. The number of benzene rings is 2. The Morgan fingerprint density at radius 2 is 2.05 bits per heavy atom. The molecule has 8 nitrogen and oxygen atoms in total. The van der Waals surface area contributed by atoms with E-state index in [0.29, 0.717) is 24.4 Å². The van der Waals surface area contributed by atoms with E-state index in [0.717, 1.165) is 67.0 Å². The predicted octanol–water partition coefficient (Wildman–Crippen LogP) is 4.14. The summed E-state index contributed by atoms with van der Waals surface area (Å²) in [5.74, 6) is -0.304. The van der Waals surface area contributed by atoms with Gasteiger partial charge in [-0.1, -0.05) is 0 Å². The Hall–Kier alpha value is -3.85. The number of carbonyl (C=O) groups is 1. The van der Waals surface area contributed by atoms with Crippen LogP contribution in [0.4, 0.5) is 4.39 Å². The summed E-state index contributed by atoms with van der Waals surface area (Å²) in [7, 11) is 0. The van der Waals surface area contributed by atoms with Crippen LogP contribution in [0.1, 0.15) is 47.1 Å². The van der Waals surface area contributed by atoms with Gasteiger partial charge in [-0.25, -0.2) is 9.37 Å². The molecule has 2 heterocycles. The molecule has 1 saturated heterocycles. The number of fused-ring (bicyclic) bond motifs is 1. The molecule has 1 aliphatic carbocycles. The second kappa shape index (κ2) is 11.3. The molecule has 200 valence electrons. The first-order valence-corrected chi connectivity index (χ1v) is 13.1. The van der Waals surface area contributed by atoms with Crippen molar-refractivity contribution in [3.63, 3.8) is 0 Å². The summed E-state index contributed by atoms with van der Waals surface area (Å²) in [6, 6.07) is 9.58. The highest BCUT2D eigenvalue weighted by molar-refractivity contribution is 5.95. The number of imidazole rings is 1. The molecule has 1 unspecified atom stereocenters. The van der Waals surface area contributed by atoms with Crippen LogP contribution in [-0.2, 0) is 11.2 Å². The summed E-state index contributed by atoms with van der Waals surface area (Å²) >= 11 is 0. The molecule has 9 heteroatoms. The van der Waals surface area contributed by atoms with Crippen LogP contribution in [0, 0.1) is 18.7 Å². The highest BCUT2D eigenvalue weighted by Gasteiger charge is 2.28. The number of nitrogens with one attached hydrogen (secondary N) is 2. The van der Waals surface area contributed by atoms with Crippen molar-refractivity contribution < 1.29 is 23.8 Å². The lowest BCUT2D eigenvalue weighted by Crippen LogP contribution is -2.31. The van der Waals surface area contributed by atoms with Gasteiger partial charge < -0.3 is 29.8 Å². The zero-order valence-electron chi connectivity index (χ0n) is 21.7. The van der Waals surface area contributed by atoms with E-state index >= 15 is 0 Å². The van der Waals surface area contributed by atoms with Gasteiger partial charge in [-0.2, -0.15) is 0 Å². The minimum Gasteiger partial charge on any atom is -0.508 e. The predicted molar refractivity (Wildman–Crippen MR) is 142 cm³/mol. The lowest BCUT2D eigenvalue weighted by atomic mass is 9.98. The number of rotatable bonds is 8. The minimum atomic E-state index is -0.619. The largest absolute Gasteiger partial charge is 0.508 e. The number of aryl methyl sites for hydroxylation is 1. The normalized spacial score (nSPS) is 17.4. The SMILES string of the molecule is CCNC(=O)c1ccc(-n2cnc3c2CC(Oc2ccc(O)cc2F)C=C3NCC2CCOCC2)cc1C. The average molecular weight is 521 g/mol. The number of halogens is 1. The number of hydrogen-bond donors (Lipinski definition) is 3. The Morgan fingerprint density at radius 3 is 2.79 bits per heavy atom. The smallest absolute Gasteiger partial charge is 0.251 e. The van der Waals surface area contributed by atoms with E-state index < -0.39 is 11.9 Å². The van der Waals surface area contributed by atoms with Crippen molar-refractivity contribution in [3.05, 3.63) is 77.1 Å². The zero-order valence-corrected chi connectivity index (χ0v) is 21.7. The molecule has 1 amide bonds. The molecule has 5 rings (SSSR count). The average Bonchev–Trinajstić information content (AvgIpc) is 3.34. The summed E-state index contributed by atoms with van der Waals surface area (Å²) < 4.78 is 28.0. The van der Waals surface area contributed by atoms with Crippen molar-refractivity contribution in [3.8, 4) is 17.2 Å². The Labute approximate surface area is 221 Å². The molecule has 38 heavy (non-hydrogen) atoms. The maximum Gasteiger partial charge on any atom is 0.251 e. The topological polar surface area (TPSA) is 97.6 Å². The Balaban J connectivity index is 1.45. The molecule has 3 N–H and O–H groups in total. The quantitative estimate of drug-likeness (QED) is 0.413. The molecule has 0 saturated carbocycles. The molecular weight excluding hydrogens is 487 g/mol. The van der Waals surface area contributed by atoms with Gasteiger partial charge in [0, 0.05) is 50.0 Å². The first-order chi connectivity index (χ1) is 18.4. The van der Waals surface area contributed by atoms with E-state index in [4.69, 9.17) is 14.5 Å². The van der Waals surface area contributed by atoms with Crippen molar-refractivity contribution >= 4 is 11.6 Å². The van der Waals surface area contributed by atoms with E-state index in [1.54, 1.807) is 6.33 Å². The van der Waals surface area contributed by atoms with Crippen LogP contribution >= 0.6 is 0 Å². The van der Waals surface area contributed by atoms with Gasteiger partial charge in [-0.15, -0.1) is 0 Å². The number of ether oxygens (including phenoxy) is 2. The summed E-state index contributed by atoms with van der Waals surface area (Å²) in [6.45, 7) is 6.68. The molecule has 0 radical (unpaired) electrons. The number of carbonyl (C=O) groups excluding carboxylic acids is 1. The van der Waals surface area contributed by atoms with Gasteiger partial charge in [0.05, 0.1) is 11.4 Å². The highest BCUT2D eigenvalue weighted by Crippen LogP contribution is 2.31. The molecule has 1 aromatic heterocycles. The van der Waals surface area contributed by atoms with E-state index in [-0.39, 0.29) is 17.4 Å². The van der Waals surface area contributed by atoms with E-state index in [2.05, 4.69) is 10.6 Å². The fraction of sp³-hybridized carbons (Fsp3) is 0.379. The zero-order chi connectivity index (χ0) is 26.6. The summed E-state index contributed by atoms with van der Waals surface area (Å²) in [5, 5.41) is 16.0. The van der Waals surface area contributed by atoms with Gasteiger partial charge in [0.2, 0.25) is 0 Å². The summed E-state index contributed by atoms with van der Waals surface area (Å²) in [4.78, 5) is 17.1. The van der Waals surface area contributed by atoms with Crippen LogP contribution in [-0.4, -0.2) is 53.0 Å².